The number of benzene rings is 3. The molecule has 0 unspecified atom stereocenters. The Balaban J connectivity index is 1.22. The van der Waals surface area contributed by atoms with E-state index in [1.807, 2.05) is 30.3 Å². The lowest BCUT2D eigenvalue weighted by Crippen LogP contribution is -2.24. The van der Waals surface area contributed by atoms with Crippen LogP contribution in [0.5, 0.6) is 0 Å². The topological polar surface area (TPSA) is 32.3 Å². The fourth-order valence-electron chi connectivity index (χ4n) is 5.16. The number of hydrogen-bond donors (Lipinski definition) is 1. The van der Waals surface area contributed by atoms with Crippen LogP contribution in [-0.4, -0.2) is 30.4 Å². The minimum atomic E-state index is -0.243. The molecule has 5 rings (SSSR count). The highest BCUT2D eigenvalue weighted by atomic mass is 19.1. The van der Waals surface area contributed by atoms with Gasteiger partial charge in [-0.1, -0.05) is 48.0 Å². The van der Waals surface area contributed by atoms with E-state index in [9.17, 15) is 9.18 Å². The lowest BCUT2D eigenvalue weighted by molar-refractivity contribution is -0.115. The number of carbonyl (C=O) groups is 1. The first-order chi connectivity index (χ1) is 16.5. The standard InChI is InChI=1S/C30H31FN2O/c1-21-26(20-33-16-2-3-17-33)9-8-25-19-28(14-15-29(21)25)32-30(34)18-22-4-6-23(7-5-22)24-10-12-27(31)13-11-24/h4-7,10-15,19H,2-3,8-9,16-18,20H2,1H3,(H,32,34). The number of amides is 1. The van der Waals surface area contributed by atoms with Gasteiger partial charge in [-0.15, -0.1) is 0 Å². The molecule has 0 saturated carbocycles. The molecule has 3 aromatic rings. The van der Waals surface area contributed by atoms with Crippen LogP contribution in [-0.2, 0) is 17.6 Å². The van der Waals surface area contributed by atoms with E-state index in [1.165, 1.54) is 54.8 Å². The van der Waals surface area contributed by atoms with Crippen LogP contribution in [0.4, 0.5) is 10.1 Å². The van der Waals surface area contributed by atoms with Crippen molar-refractivity contribution in [1.29, 1.82) is 0 Å². The number of hydrogen-bond acceptors (Lipinski definition) is 2. The molecule has 1 saturated heterocycles. The lowest BCUT2D eigenvalue weighted by atomic mass is 9.86. The van der Waals surface area contributed by atoms with Crippen molar-refractivity contribution in [3.05, 3.63) is 94.8 Å². The van der Waals surface area contributed by atoms with Crippen LogP contribution in [0.3, 0.4) is 0 Å². The third-order valence-electron chi connectivity index (χ3n) is 7.13. The van der Waals surface area contributed by atoms with E-state index in [-0.39, 0.29) is 11.7 Å². The Morgan fingerprint density at radius 1 is 0.912 bits per heavy atom. The maximum absolute atomic E-state index is 13.1. The van der Waals surface area contributed by atoms with Crippen LogP contribution >= 0.6 is 0 Å². The zero-order chi connectivity index (χ0) is 23.5. The van der Waals surface area contributed by atoms with Gasteiger partial charge >= 0.3 is 0 Å². The van der Waals surface area contributed by atoms with Crippen molar-refractivity contribution in [1.82, 2.24) is 4.90 Å². The van der Waals surface area contributed by atoms with E-state index in [2.05, 4.69) is 29.3 Å². The molecule has 0 atom stereocenters. The summed E-state index contributed by atoms with van der Waals surface area (Å²) < 4.78 is 13.1. The molecule has 3 aromatic carbocycles. The van der Waals surface area contributed by atoms with Crippen molar-refractivity contribution < 1.29 is 9.18 Å². The Hall–Kier alpha value is -3.24. The van der Waals surface area contributed by atoms with Crippen molar-refractivity contribution in [3.8, 4) is 11.1 Å². The number of aryl methyl sites for hydroxylation is 1. The summed E-state index contributed by atoms with van der Waals surface area (Å²) in [5.74, 6) is -0.264. The highest BCUT2D eigenvalue weighted by Crippen LogP contribution is 2.33. The minimum Gasteiger partial charge on any atom is -0.326 e. The second kappa shape index (κ2) is 9.94. The summed E-state index contributed by atoms with van der Waals surface area (Å²) in [5, 5.41) is 3.07. The monoisotopic (exact) mass is 454 g/mol. The molecule has 34 heavy (non-hydrogen) atoms. The van der Waals surface area contributed by atoms with Crippen LogP contribution in [0.2, 0.25) is 0 Å². The molecule has 0 bridgehead atoms. The molecule has 1 amide bonds. The van der Waals surface area contributed by atoms with Crippen LogP contribution in [0.1, 0.15) is 42.9 Å². The van der Waals surface area contributed by atoms with Gasteiger partial charge in [0.25, 0.3) is 0 Å². The average Bonchev–Trinajstić information content (AvgIpc) is 3.35. The molecule has 0 aromatic heterocycles. The zero-order valence-corrected chi connectivity index (χ0v) is 19.7. The SMILES string of the molecule is CC1=C(CN2CCCC2)CCc2cc(NC(=O)Cc3ccc(-c4ccc(F)cc4)cc3)ccc21. The summed E-state index contributed by atoms with van der Waals surface area (Å²) in [6.07, 6.45) is 5.10. The first-order valence-electron chi connectivity index (χ1n) is 12.2. The molecule has 3 nitrogen and oxygen atoms in total. The smallest absolute Gasteiger partial charge is 0.228 e. The van der Waals surface area contributed by atoms with Gasteiger partial charge in [0.2, 0.25) is 5.91 Å². The van der Waals surface area contributed by atoms with E-state index < -0.39 is 0 Å². The van der Waals surface area contributed by atoms with E-state index in [4.69, 9.17) is 0 Å². The fourth-order valence-corrected chi connectivity index (χ4v) is 5.16. The predicted molar refractivity (Wildman–Crippen MR) is 137 cm³/mol. The Morgan fingerprint density at radius 2 is 1.59 bits per heavy atom. The van der Waals surface area contributed by atoms with Crippen molar-refractivity contribution >= 4 is 17.2 Å². The van der Waals surface area contributed by atoms with Gasteiger partial charge in [0.15, 0.2) is 0 Å². The molecule has 1 N–H and O–H groups in total. The summed E-state index contributed by atoms with van der Waals surface area (Å²) in [6.45, 7) is 5.80. The predicted octanol–water partition coefficient (Wildman–Crippen LogP) is 6.49. The number of halogens is 1. The Morgan fingerprint density at radius 3 is 2.29 bits per heavy atom. The molecule has 1 fully saturated rings. The number of likely N-dealkylation sites (tertiary alicyclic amines) is 1. The third-order valence-corrected chi connectivity index (χ3v) is 7.13. The van der Waals surface area contributed by atoms with Crippen LogP contribution in [0.25, 0.3) is 16.7 Å². The van der Waals surface area contributed by atoms with Crippen molar-refractivity contribution in [2.24, 2.45) is 0 Å². The molecule has 0 radical (unpaired) electrons. The molecule has 174 valence electrons. The summed E-state index contributed by atoms with van der Waals surface area (Å²) >= 11 is 0. The highest BCUT2D eigenvalue weighted by molar-refractivity contribution is 5.92. The summed E-state index contributed by atoms with van der Waals surface area (Å²) in [7, 11) is 0. The van der Waals surface area contributed by atoms with Crippen LogP contribution in [0, 0.1) is 5.82 Å². The number of rotatable bonds is 6. The molecule has 4 heteroatoms. The molecule has 1 heterocycles. The van der Waals surface area contributed by atoms with Gasteiger partial charge in [-0.2, -0.15) is 0 Å². The van der Waals surface area contributed by atoms with E-state index >= 15 is 0 Å². The van der Waals surface area contributed by atoms with Gasteiger partial charge in [-0.3, -0.25) is 9.69 Å². The van der Waals surface area contributed by atoms with Gasteiger partial charge in [0, 0.05) is 12.2 Å². The van der Waals surface area contributed by atoms with Gasteiger partial charge in [0.1, 0.15) is 5.82 Å². The molecular formula is C30H31FN2O. The Labute approximate surface area is 201 Å². The summed E-state index contributed by atoms with van der Waals surface area (Å²) in [5.41, 5.74) is 9.40. The Kier molecular flexibility index (Phi) is 6.59. The normalized spacial score (nSPS) is 15.9. The first kappa shape index (κ1) is 22.5. The second-order valence-electron chi connectivity index (χ2n) is 9.51. The summed E-state index contributed by atoms with van der Waals surface area (Å²) in [6, 6.07) is 20.6. The quantitative estimate of drug-likeness (QED) is 0.462. The molecule has 1 aliphatic heterocycles. The van der Waals surface area contributed by atoms with Crippen molar-refractivity contribution in [2.75, 3.05) is 25.0 Å². The molecular weight excluding hydrogens is 423 g/mol. The number of carbonyl (C=O) groups excluding carboxylic acids is 1. The minimum absolute atomic E-state index is 0.0210. The number of anilines is 1. The van der Waals surface area contributed by atoms with Gasteiger partial charge < -0.3 is 5.32 Å². The van der Waals surface area contributed by atoms with E-state index in [1.54, 1.807) is 17.7 Å². The lowest BCUT2D eigenvalue weighted by Gasteiger charge is -2.25. The first-order valence-corrected chi connectivity index (χ1v) is 12.2. The Bertz CT molecular complexity index is 1210. The van der Waals surface area contributed by atoms with Gasteiger partial charge in [0.05, 0.1) is 6.42 Å². The maximum atomic E-state index is 13.1. The molecule has 2 aliphatic rings. The maximum Gasteiger partial charge on any atom is 0.228 e. The fraction of sp³-hybridized carbons (Fsp3) is 0.300. The highest BCUT2D eigenvalue weighted by Gasteiger charge is 2.20. The van der Waals surface area contributed by atoms with Gasteiger partial charge in [-0.05, 0) is 103 Å². The van der Waals surface area contributed by atoms with E-state index in [0.29, 0.717) is 6.42 Å². The largest absolute Gasteiger partial charge is 0.326 e. The van der Waals surface area contributed by atoms with Crippen molar-refractivity contribution in [2.45, 2.75) is 39.0 Å². The number of fused-ring (bicyclic) bond motifs is 1. The van der Waals surface area contributed by atoms with Crippen LogP contribution in [0.15, 0.2) is 72.3 Å². The molecule has 1 aliphatic carbocycles. The average molecular weight is 455 g/mol. The second-order valence-corrected chi connectivity index (χ2v) is 9.51. The van der Waals surface area contributed by atoms with E-state index in [0.717, 1.165) is 41.8 Å². The van der Waals surface area contributed by atoms with Crippen molar-refractivity contribution in [3.63, 3.8) is 0 Å². The molecule has 0 spiro atoms. The van der Waals surface area contributed by atoms with Crippen LogP contribution < -0.4 is 5.32 Å². The van der Waals surface area contributed by atoms with Gasteiger partial charge in [-0.25, -0.2) is 4.39 Å². The zero-order valence-electron chi connectivity index (χ0n) is 19.7. The third kappa shape index (κ3) is 5.13. The number of nitrogens with one attached hydrogen (secondary N) is 1. The summed E-state index contributed by atoms with van der Waals surface area (Å²) in [4.78, 5) is 15.3. The number of nitrogens with zero attached hydrogens (tertiary/aromatic N) is 1. The number of allylic oxidation sites excluding steroid dienone is 1.